The lowest BCUT2D eigenvalue weighted by Gasteiger charge is -2.34. The highest BCUT2D eigenvalue weighted by Crippen LogP contribution is 2.39. The lowest BCUT2D eigenvalue weighted by Crippen LogP contribution is -2.37. The lowest BCUT2D eigenvalue weighted by molar-refractivity contribution is 0.545. The van der Waals surface area contributed by atoms with Crippen molar-refractivity contribution >= 4 is 20.7 Å². The number of hydrogen-bond donors (Lipinski definition) is 1. The first-order valence-corrected chi connectivity index (χ1v) is 14.0. The van der Waals surface area contributed by atoms with Gasteiger partial charge in [0.1, 0.15) is 0 Å². The Kier molecular flexibility index (Phi) is 8.54. The minimum atomic E-state index is -1.24. The average molecular weight is 393 g/mol. The number of rotatable bonds is 8. The summed E-state index contributed by atoms with van der Waals surface area (Å²) in [6.07, 6.45) is 4.03. The Balaban J connectivity index is 3.50. The molecule has 150 valence electrons. The molecule has 0 bridgehead atoms. The highest BCUT2D eigenvalue weighted by atomic mass is 32.1. The van der Waals surface area contributed by atoms with E-state index in [0.29, 0.717) is 0 Å². The van der Waals surface area contributed by atoms with E-state index >= 15 is 0 Å². The Bertz CT molecular complexity index is 523. The van der Waals surface area contributed by atoms with Crippen LogP contribution in [0.5, 0.6) is 0 Å². The summed E-state index contributed by atoms with van der Waals surface area (Å²) < 4.78 is 0. The zero-order chi connectivity index (χ0) is 20.2. The Morgan fingerprint density at radius 2 is 1.08 bits per heavy atom. The van der Waals surface area contributed by atoms with Gasteiger partial charge in [0.05, 0.1) is 8.07 Å². The first-order chi connectivity index (χ1) is 11.9. The Labute approximate surface area is 171 Å². The van der Waals surface area contributed by atoms with E-state index in [1.54, 1.807) is 5.56 Å². The van der Waals surface area contributed by atoms with Gasteiger partial charge in [0.2, 0.25) is 0 Å². The number of benzene rings is 1. The van der Waals surface area contributed by atoms with Crippen LogP contribution in [0.4, 0.5) is 0 Å². The maximum absolute atomic E-state index is 4.99. The molecule has 0 atom stereocenters. The molecule has 0 radical (unpaired) electrons. The molecule has 0 fully saturated rings. The molecule has 0 amide bonds. The van der Waals surface area contributed by atoms with Gasteiger partial charge in [0.25, 0.3) is 0 Å². The predicted octanol–water partition coefficient (Wildman–Crippen LogP) is 8.33. The maximum atomic E-state index is 4.99. The quantitative estimate of drug-likeness (QED) is 0.333. The fraction of sp³-hybridized carbons (Fsp3) is 0.750. The van der Waals surface area contributed by atoms with Gasteiger partial charge in [0, 0.05) is 4.90 Å². The van der Waals surface area contributed by atoms with Gasteiger partial charge in [-0.25, -0.2) is 0 Å². The normalized spacial score (nSPS) is 13.3. The molecule has 0 aliphatic heterocycles. The lowest BCUT2D eigenvalue weighted by atomic mass is 9.79. The summed E-state index contributed by atoms with van der Waals surface area (Å²) in [6, 6.07) is 10.8. The second kappa shape index (κ2) is 9.32. The molecule has 0 saturated heterocycles. The molecule has 0 nitrogen and oxygen atoms in total. The molecule has 1 aromatic rings. The van der Waals surface area contributed by atoms with Crippen molar-refractivity contribution in [3.63, 3.8) is 0 Å². The van der Waals surface area contributed by atoms with E-state index in [4.69, 9.17) is 12.6 Å². The van der Waals surface area contributed by atoms with Crippen LogP contribution < -0.4 is 0 Å². The molecule has 0 aliphatic rings. The SMILES string of the molecule is CCC[Si](CCC)(CCC)Cc1cc(C(C)(C)C)c(S)c(C(C)(C)C)c1. The van der Waals surface area contributed by atoms with E-state index in [1.807, 2.05) is 0 Å². The Morgan fingerprint density at radius 3 is 1.35 bits per heavy atom. The topological polar surface area (TPSA) is 0 Å². The zero-order valence-electron chi connectivity index (χ0n) is 19.1. The molecule has 0 unspecified atom stereocenters. The van der Waals surface area contributed by atoms with Crippen molar-refractivity contribution in [2.75, 3.05) is 0 Å². The largest absolute Gasteiger partial charge is 0.143 e. The minimum Gasteiger partial charge on any atom is -0.143 e. The summed E-state index contributed by atoms with van der Waals surface area (Å²) in [5.74, 6) is 0. The molecular formula is C24H44SSi. The van der Waals surface area contributed by atoms with E-state index in [0.717, 1.165) is 0 Å². The van der Waals surface area contributed by atoms with E-state index in [9.17, 15) is 0 Å². The van der Waals surface area contributed by atoms with Gasteiger partial charge >= 0.3 is 0 Å². The standard InChI is InChI=1S/C24H44SSi/c1-10-13-26(14-11-2,15-12-3)18-19-16-20(23(4,5)6)22(25)21(17-19)24(7,8)9/h16-17,25H,10-15,18H2,1-9H3. The highest BCUT2D eigenvalue weighted by Gasteiger charge is 2.32. The van der Waals surface area contributed by atoms with Crippen molar-refractivity contribution in [3.05, 3.63) is 28.8 Å². The summed E-state index contributed by atoms with van der Waals surface area (Å²) in [5, 5.41) is 0. The molecule has 26 heavy (non-hydrogen) atoms. The van der Waals surface area contributed by atoms with Gasteiger partial charge in [-0.3, -0.25) is 0 Å². The van der Waals surface area contributed by atoms with Crippen molar-refractivity contribution in [2.24, 2.45) is 0 Å². The molecule has 0 N–H and O–H groups in total. The van der Waals surface area contributed by atoms with Crippen LogP contribution >= 0.6 is 12.6 Å². The smallest absolute Gasteiger partial charge is 0.0579 e. The van der Waals surface area contributed by atoms with Crippen LogP contribution in [0.25, 0.3) is 0 Å². The summed E-state index contributed by atoms with van der Waals surface area (Å²) in [4.78, 5) is 1.21. The van der Waals surface area contributed by atoms with Crippen LogP contribution in [0.3, 0.4) is 0 Å². The number of hydrogen-bond acceptors (Lipinski definition) is 1. The molecule has 1 aromatic carbocycles. The van der Waals surface area contributed by atoms with Crippen molar-refractivity contribution in [1.82, 2.24) is 0 Å². The van der Waals surface area contributed by atoms with Crippen molar-refractivity contribution in [1.29, 1.82) is 0 Å². The van der Waals surface area contributed by atoms with Crippen LogP contribution in [-0.4, -0.2) is 8.07 Å². The van der Waals surface area contributed by atoms with E-state index in [1.165, 1.54) is 59.5 Å². The second-order valence-electron chi connectivity index (χ2n) is 10.5. The molecule has 2 heteroatoms. The Hall–Kier alpha value is -0.213. The molecule has 0 heterocycles. The predicted molar refractivity (Wildman–Crippen MR) is 126 cm³/mol. The second-order valence-corrected chi connectivity index (χ2v) is 15.8. The Morgan fingerprint density at radius 1 is 0.731 bits per heavy atom. The monoisotopic (exact) mass is 392 g/mol. The van der Waals surface area contributed by atoms with Crippen molar-refractivity contribution in [3.8, 4) is 0 Å². The molecule has 0 aromatic heterocycles. The van der Waals surface area contributed by atoms with Gasteiger partial charge in [-0.1, -0.05) is 112 Å². The van der Waals surface area contributed by atoms with Crippen molar-refractivity contribution in [2.45, 2.75) is 121 Å². The highest BCUT2D eigenvalue weighted by molar-refractivity contribution is 7.80. The van der Waals surface area contributed by atoms with Crippen LogP contribution in [0.1, 0.15) is 98.3 Å². The maximum Gasteiger partial charge on any atom is 0.0579 e. The summed E-state index contributed by atoms with van der Waals surface area (Å²) >= 11 is 4.99. The van der Waals surface area contributed by atoms with Crippen molar-refractivity contribution < 1.29 is 0 Å². The molecule has 0 aliphatic carbocycles. The van der Waals surface area contributed by atoms with Gasteiger partial charge in [0.15, 0.2) is 0 Å². The minimum absolute atomic E-state index is 0.136. The molecule has 1 rings (SSSR count). The summed E-state index contributed by atoms with van der Waals surface area (Å²) in [5.41, 5.74) is 4.71. The van der Waals surface area contributed by atoms with Gasteiger partial charge in [-0.05, 0) is 33.6 Å². The van der Waals surface area contributed by atoms with Gasteiger partial charge in [-0.15, -0.1) is 12.6 Å². The molecular weight excluding hydrogens is 348 g/mol. The number of thiol groups is 1. The van der Waals surface area contributed by atoms with E-state index in [2.05, 4.69) is 74.4 Å². The fourth-order valence-corrected chi connectivity index (χ4v) is 10.9. The summed E-state index contributed by atoms with van der Waals surface area (Å²) in [6.45, 7) is 21.1. The van der Waals surface area contributed by atoms with Crippen LogP contribution in [0.2, 0.25) is 18.1 Å². The van der Waals surface area contributed by atoms with Gasteiger partial charge in [-0.2, -0.15) is 0 Å². The van der Waals surface area contributed by atoms with Gasteiger partial charge < -0.3 is 0 Å². The molecule has 0 saturated carbocycles. The first-order valence-electron chi connectivity index (χ1n) is 10.8. The first kappa shape index (κ1) is 23.8. The van der Waals surface area contributed by atoms with E-state index < -0.39 is 8.07 Å². The van der Waals surface area contributed by atoms with Crippen LogP contribution in [0, 0.1) is 0 Å². The molecule has 0 spiro atoms. The van der Waals surface area contributed by atoms with Crippen LogP contribution in [0.15, 0.2) is 17.0 Å². The van der Waals surface area contributed by atoms with Crippen LogP contribution in [-0.2, 0) is 16.9 Å². The fourth-order valence-electron chi connectivity index (χ4n) is 4.60. The third-order valence-corrected chi connectivity index (χ3v) is 12.0. The summed E-state index contributed by atoms with van der Waals surface area (Å²) in [7, 11) is -1.24. The third kappa shape index (κ3) is 6.16. The van der Waals surface area contributed by atoms with E-state index in [-0.39, 0.29) is 10.8 Å². The zero-order valence-corrected chi connectivity index (χ0v) is 20.9. The third-order valence-electron chi connectivity index (χ3n) is 5.71. The average Bonchev–Trinajstić information content (AvgIpc) is 2.47.